The van der Waals surface area contributed by atoms with E-state index in [1.165, 1.54) is 18.2 Å². The molecule has 0 amide bonds. The van der Waals surface area contributed by atoms with Crippen LogP contribution in [0.5, 0.6) is 0 Å². The first kappa shape index (κ1) is 14.0. The average Bonchev–Trinajstić information content (AvgIpc) is 2.79. The zero-order valence-electron chi connectivity index (χ0n) is 10.2. The number of hydrogen-bond donors (Lipinski definition) is 2. The maximum atomic E-state index is 11.7. The molecular formula is C11H10N2O6S. The van der Waals surface area contributed by atoms with Gasteiger partial charge in [0.1, 0.15) is 5.69 Å². The van der Waals surface area contributed by atoms with Crippen molar-refractivity contribution in [1.29, 1.82) is 0 Å². The molecule has 106 valence electrons. The van der Waals surface area contributed by atoms with Crippen LogP contribution in [0.4, 0.5) is 0 Å². The maximum absolute atomic E-state index is 11.7. The van der Waals surface area contributed by atoms with Crippen molar-refractivity contribution in [2.45, 2.75) is 4.90 Å². The maximum Gasteiger partial charge on any atom is 0.356 e. The van der Waals surface area contributed by atoms with Gasteiger partial charge in [-0.2, -0.15) is 8.42 Å². The molecule has 0 bridgehead atoms. The Morgan fingerprint density at radius 3 is 2.65 bits per heavy atom. The number of esters is 1. The Labute approximate surface area is 113 Å². The van der Waals surface area contributed by atoms with Gasteiger partial charge >= 0.3 is 5.97 Å². The van der Waals surface area contributed by atoms with Crippen molar-refractivity contribution in [2.75, 3.05) is 7.11 Å². The summed E-state index contributed by atoms with van der Waals surface area (Å²) in [6, 6.07) is 6.07. The quantitative estimate of drug-likeness (QED) is 0.617. The second-order valence-corrected chi connectivity index (χ2v) is 5.23. The molecule has 0 aliphatic carbocycles. The number of nitrogens with one attached hydrogen (secondary N) is 1. The molecule has 0 unspecified atom stereocenters. The van der Waals surface area contributed by atoms with Crippen LogP contribution in [0.2, 0.25) is 0 Å². The number of methoxy groups -OCH3 is 1. The zero-order valence-corrected chi connectivity index (χ0v) is 11.0. The zero-order chi connectivity index (χ0) is 14.9. The van der Waals surface area contributed by atoms with E-state index in [0.29, 0.717) is 0 Å². The van der Waals surface area contributed by atoms with Gasteiger partial charge in [-0.1, -0.05) is 6.07 Å². The summed E-state index contributed by atoms with van der Waals surface area (Å²) >= 11 is 0. The summed E-state index contributed by atoms with van der Waals surface area (Å²) in [6.45, 7) is 0. The molecule has 0 spiro atoms. The largest absolute Gasteiger partial charge is 0.464 e. The lowest BCUT2D eigenvalue weighted by Crippen LogP contribution is -2.14. The van der Waals surface area contributed by atoms with Crippen LogP contribution in [-0.4, -0.2) is 35.8 Å². The molecule has 9 heteroatoms. The molecule has 0 atom stereocenters. The number of aromatic amines is 1. The Morgan fingerprint density at radius 2 is 2.05 bits per heavy atom. The third-order valence-electron chi connectivity index (χ3n) is 2.50. The minimum Gasteiger partial charge on any atom is -0.464 e. The summed E-state index contributed by atoms with van der Waals surface area (Å²) in [5, 5.41) is 2.48. The topological polar surface area (TPSA) is 118 Å². The van der Waals surface area contributed by atoms with Crippen LogP contribution < -0.4 is 5.56 Å². The molecule has 2 aromatic rings. The first-order valence-corrected chi connectivity index (χ1v) is 6.75. The van der Waals surface area contributed by atoms with Crippen LogP contribution >= 0.6 is 0 Å². The minimum atomic E-state index is -4.38. The Hall–Kier alpha value is -2.39. The molecule has 0 fully saturated rings. The molecule has 0 aliphatic heterocycles. The molecule has 2 rings (SSSR count). The number of nitrogens with zero attached hydrogens (tertiary/aromatic N) is 1. The number of carbonyl (C=O) groups excluding carboxylic acids is 1. The normalized spacial score (nSPS) is 11.3. The van der Waals surface area contributed by atoms with E-state index in [1.807, 2.05) is 0 Å². The molecule has 0 saturated carbocycles. The van der Waals surface area contributed by atoms with E-state index in [-0.39, 0.29) is 16.3 Å². The fraction of sp³-hybridized carbons (Fsp3) is 0.0909. The second kappa shape index (κ2) is 4.94. The van der Waals surface area contributed by atoms with E-state index in [1.54, 1.807) is 0 Å². The first-order chi connectivity index (χ1) is 9.32. The summed E-state index contributed by atoms with van der Waals surface area (Å²) in [4.78, 5) is 22.7. The van der Waals surface area contributed by atoms with Gasteiger partial charge in [-0.3, -0.25) is 14.4 Å². The summed E-state index contributed by atoms with van der Waals surface area (Å²) < 4.78 is 36.5. The van der Waals surface area contributed by atoms with E-state index in [0.717, 1.165) is 23.9 Å². The highest BCUT2D eigenvalue weighted by Crippen LogP contribution is 2.13. The number of benzene rings is 1. The molecular weight excluding hydrogens is 288 g/mol. The van der Waals surface area contributed by atoms with Crippen LogP contribution in [0.1, 0.15) is 10.5 Å². The molecule has 1 aromatic heterocycles. The van der Waals surface area contributed by atoms with Crippen molar-refractivity contribution in [3.05, 3.63) is 46.4 Å². The third-order valence-corrected chi connectivity index (χ3v) is 3.35. The predicted molar refractivity (Wildman–Crippen MR) is 67.5 cm³/mol. The highest BCUT2D eigenvalue weighted by Gasteiger charge is 2.14. The highest BCUT2D eigenvalue weighted by molar-refractivity contribution is 7.85. The lowest BCUT2D eigenvalue weighted by molar-refractivity contribution is 0.0593. The standard InChI is InChI=1S/C11H10N2O6S/c1-19-11(15)9-6-10(14)13(12-9)7-3-2-4-8(5-7)20(16,17)18/h2-6,12H,1H3,(H,16,17,18). The number of rotatable bonds is 3. The van der Waals surface area contributed by atoms with Crippen LogP contribution in [0.3, 0.4) is 0 Å². The number of carbonyl (C=O) groups is 1. The Morgan fingerprint density at radius 1 is 1.35 bits per heavy atom. The Kier molecular flexibility index (Phi) is 3.47. The van der Waals surface area contributed by atoms with Crippen LogP contribution in [-0.2, 0) is 14.9 Å². The van der Waals surface area contributed by atoms with Crippen molar-refractivity contribution in [2.24, 2.45) is 0 Å². The first-order valence-electron chi connectivity index (χ1n) is 5.31. The summed E-state index contributed by atoms with van der Waals surface area (Å²) in [5.74, 6) is -0.730. The monoisotopic (exact) mass is 298 g/mol. The van der Waals surface area contributed by atoms with Crippen LogP contribution in [0.15, 0.2) is 40.0 Å². The SMILES string of the molecule is COC(=O)c1cc(=O)n(-c2cccc(S(=O)(=O)O)c2)[nH]1. The number of aromatic nitrogens is 2. The van der Waals surface area contributed by atoms with E-state index in [2.05, 4.69) is 9.84 Å². The van der Waals surface area contributed by atoms with E-state index >= 15 is 0 Å². The highest BCUT2D eigenvalue weighted by atomic mass is 32.2. The van der Waals surface area contributed by atoms with Crippen molar-refractivity contribution < 1.29 is 22.5 Å². The molecule has 1 aromatic carbocycles. The lowest BCUT2D eigenvalue weighted by atomic mass is 10.3. The van der Waals surface area contributed by atoms with Gasteiger partial charge in [0, 0.05) is 6.07 Å². The summed E-state index contributed by atoms with van der Waals surface area (Å²) in [7, 11) is -3.22. The molecule has 2 N–H and O–H groups in total. The molecule has 1 heterocycles. The number of hydrogen-bond acceptors (Lipinski definition) is 5. The van der Waals surface area contributed by atoms with E-state index < -0.39 is 21.6 Å². The Balaban J connectivity index is 2.55. The smallest absolute Gasteiger partial charge is 0.356 e. The van der Waals surface area contributed by atoms with Crippen LogP contribution in [0, 0.1) is 0 Å². The molecule has 20 heavy (non-hydrogen) atoms. The van der Waals surface area contributed by atoms with Gasteiger partial charge in [0.05, 0.1) is 17.7 Å². The third kappa shape index (κ3) is 2.63. The lowest BCUT2D eigenvalue weighted by Gasteiger charge is -2.03. The Bertz CT molecular complexity index is 817. The van der Waals surface area contributed by atoms with Gasteiger partial charge < -0.3 is 4.74 Å². The molecule has 0 saturated heterocycles. The predicted octanol–water partition coefficient (Wildman–Crippen LogP) is 0.199. The number of H-pyrrole nitrogens is 1. The molecule has 0 aliphatic rings. The van der Waals surface area contributed by atoms with Gasteiger partial charge in [-0.25, -0.2) is 9.48 Å². The summed E-state index contributed by atoms with van der Waals surface area (Å²) in [5.41, 5.74) is -0.493. The van der Waals surface area contributed by atoms with Gasteiger partial charge in [0.2, 0.25) is 0 Å². The molecule has 0 radical (unpaired) electrons. The van der Waals surface area contributed by atoms with Gasteiger partial charge in [-0.05, 0) is 18.2 Å². The van der Waals surface area contributed by atoms with Gasteiger partial charge in [-0.15, -0.1) is 0 Å². The van der Waals surface area contributed by atoms with Crippen LogP contribution in [0.25, 0.3) is 5.69 Å². The van der Waals surface area contributed by atoms with E-state index in [9.17, 15) is 18.0 Å². The average molecular weight is 298 g/mol. The summed E-state index contributed by atoms with van der Waals surface area (Å²) in [6.07, 6.45) is 0. The minimum absolute atomic E-state index is 0.0743. The van der Waals surface area contributed by atoms with Crippen molar-refractivity contribution >= 4 is 16.1 Å². The van der Waals surface area contributed by atoms with Gasteiger partial charge in [0.15, 0.2) is 0 Å². The fourth-order valence-electron chi connectivity index (χ4n) is 1.59. The number of ether oxygens (including phenoxy) is 1. The van der Waals surface area contributed by atoms with Crippen molar-refractivity contribution in [3.63, 3.8) is 0 Å². The van der Waals surface area contributed by atoms with Crippen molar-refractivity contribution in [3.8, 4) is 5.69 Å². The van der Waals surface area contributed by atoms with Gasteiger partial charge in [0.25, 0.3) is 15.7 Å². The van der Waals surface area contributed by atoms with E-state index in [4.69, 9.17) is 4.55 Å². The second-order valence-electron chi connectivity index (χ2n) is 3.81. The molecule has 8 nitrogen and oxygen atoms in total. The fourth-order valence-corrected chi connectivity index (χ4v) is 2.11. The van der Waals surface area contributed by atoms with Crippen molar-refractivity contribution in [1.82, 2.24) is 9.78 Å².